The van der Waals surface area contributed by atoms with Gasteiger partial charge in [-0.3, -0.25) is 14.8 Å². The Hall–Kier alpha value is -2.99. The average Bonchev–Trinajstić information content (AvgIpc) is 2.70. The minimum Gasteiger partial charge on any atom is -0.397 e. The van der Waals surface area contributed by atoms with Crippen molar-refractivity contribution in [2.75, 3.05) is 17.2 Å². The van der Waals surface area contributed by atoms with Gasteiger partial charge in [0.15, 0.2) is 0 Å². The molecule has 3 aromatic rings. The standard InChI is InChI=1S/C23H27ClN4O2/c1-4-16-12-14(2)20(19(25)13-16)28(21-15(3)22(29)27-23(30)26-21)11-5-6-17-7-9-18(24)10-8-17/h7-10,12-13H,4-6,11,25H2,1-3H3,(H2,26,27,29,30). The average molecular weight is 427 g/mol. The van der Waals surface area contributed by atoms with Crippen molar-refractivity contribution in [3.05, 3.63) is 84.5 Å². The van der Waals surface area contributed by atoms with E-state index in [1.807, 2.05) is 42.2 Å². The Morgan fingerprint density at radius 3 is 2.37 bits per heavy atom. The first-order valence-corrected chi connectivity index (χ1v) is 10.4. The fourth-order valence-corrected chi connectivity index (χ4v) is 3.82. The number of nitrogen functional groups attached to an aromatic ring is 1. The van der Waals surface area contributed by atoms with E-state index < -0.39 is 11.2 Å². The molecule has 0 aliphatic heterocycles. The number of hydrogen-bond donors (Lipinski definition) is 3. The van der Waals surface area contributed by atoms with Gasteiger partial charge >= 0.3 is 5.69 Å². The number of nitrogens with one attached hydrogen (secondary N) is 2. The summed E-state index contributed by atoms with van der Waals surface area (Å²) in [6.07, 6.45) is 2.50. The molecule has 7 heteroatoms. The lowest BCUT2D eigenvalue weighted by molar-refractivity contribution is 0.790. The monoisotopic (exact) mass is 426 g/mol. The predicted octanol–water partition coefficient (Wildman–Crippen LogP) is 4.25. The largest absolute Gasteiger partial charge is 0.397 e. The molecule has 0 saturated heterocycles. The van der Waals surface area contributed by atoms with E-state index in [0.29, 0.717) is 28.6 Å². The van der Waals surface area contributed by atoms with Gasteiger partial charge in [-0.2, -0.15) is 0 Å². The second-order valence-electron chi connectivity index (χ2n) is 7.47. The number of nitrogens with two attached hydrogens (primary N) is 1. The van der Waals surface area contributed by atoms with Crippen molar-refractivity contribution >= 4 is 28.8 Å². The molecular weight excluding hydrogens is 400 g/mol. The van der Waals surface area contributed by atoms with Gasteiger partial charge in [-0.25, -0.2) is 4.79 Å². The number of hydrogen-bond acceptors (Lipinski definition) is 4. The van der Waals surface area contributed by atoms with Crippen LogP contribution in [0.15, 0.2) is 46.0 Å². The summed E-state index contributed by atoms with van der Waals surface area (Å²) in [4.78, 5) is 31.3. The number of nitrogens with zero attached hydrogens (tertiary/aromatic N) is 1. The number of H-pyrrole nitrogens is 2. The third-order valence-electron chi connectivity index (χ3n) is 5.25. The lowest BCUT2D eigenvalue weighted by Gasteiger charge is -2.29. The molecule has 30 heavy (non-hydrogen) atoms. The van der Waals surface area contributed by atoms with Crippen LogP contribution in [0.4, 0.5) is 17.2 Å². The molecule has 1 aromatic heterocycles. The molecule has 0 spiro atoms. The quantitative estimate of drug-likeness (QED) is 0.492. The first-order valence-electron chi connectivity index (χ1n) is 10.0. The normalized spacial score (nSPS) is 10.9. The van der Waals surface area contributed by atoms with E-state index in [2.05, 4.69) is 23.0 Å². The summed E-state index contributed by atoms with van der Waals surface area (Å²) in [5, 5.41) is 0.705. The van der Waals surface area contributed by atoms with Crippen molar-refractivity contribution in [3.63, 3.8) is 0 Å². The Morgan fingerprint density at radius 1 is 1.03 bits per heavy atom. The lowest BCUT2D eigenvalue weighted by atomic mass is 10.0. The smallest absolute Gasteiger partial charge is 0.327 e. The predicted molar refractivity (Wildman–Crippen MR) is 124 cm³/mol. The molecule has 0 fully saturated rings. The lowest BCUT2D eigenvalue weighted by Crippen LogP contribution is -2.31. The van der Waals surface area contributed by atoms with Gasteiger partial charge in [-0.15, -0.1) is 0 Å². The van der Waals surface area contributed by atoms with Crippen molar-refractivity contribution in [3.8, 4) is 0 Å². The zero-order chi connectivity index (χ0) is 21.8. The van der Waals surface area contributed by atoms with Crippen molar-refractivity contribution in [2.45, 2.75) is 40.0 Å². The topological polar surface area (TPSA) is 95.0 Å². The molecule has 0 bridgehead atoms. The zero-order valence-corrected chi connectivity index (χ0v) is 18.3. The molecular formula is C23H27ClN4O2. The maximum Gasteiger partial charge on any atom is 0.327 e. The molecule has 4 N–H and O–H groups in total. The van der Waals surface area contributed by atoms with E-state index in [0.717, 1.165) is 36.1 Å². The highest BCUT2D eigenvalue weighted by Gasteiger charge is 2.20. The van der Waals surface area contributed by atoms with Crippen LogP contribution in [0.5, 0.6) is 0 Å². The van der Waals surface area contributed by atoms with Crippen LogP contribution in [-0.2, 0) is 12.8 Å². The van der Waals surface area contributed by atoms with E-state index in [1.54, 1.807) is 6.92 Å². The van der Waals surface area contributed by atoms with E-state index in [-0.39, 0.29) is 0 Å². The number of aryl methyl sites for hydroxylation is 3. The highest BCUT2D eigenvalue weighted by atomic mass is 35.5. The van der Waals surface area contributed by atoms with Crippen LogP contribution >= 0.6 is 11.6 Å². The van der Waals surface area contributed by atoms with Gasteiger partial charge < -0.3 is 10.6 Å². The molecule has 0 saturated carbocycles. The Kier molecular flexibility index (Phi) is 6.67. The molecule has 158 valence electrons. The van der Waals surface area contributed by atoms with Gasteiger partial charge in [-0.1, -0.05) is 36.7 Å². The van der Waals surface area contributed by atoms with E-state index in [1.165, 1.54) is 5.56 Å². The second-order valence-corrected chi connectivity index (χ2v) is 7.90. The zero-order valence-electron chi connectivity index (χ0n) is 17.5. The summed E-state index contributed by atoms with van der Waals surface area (Å²) in [6.45, 7) is 6.36. The number of rotatable bonds is 7. The Labute approximate surface area is 180 Å². The van der Waals surface area contributed by atoms with E-state index >= 15 is 0 Å². The second kappa shape index (κ2) is 9.22. The summed E-state index contributed by atoms with van der Waals surface area (Å²) in [6, 6.07) is 11.8. The maximum absolute atomic E-state index is 12.2. The van der Waals surface area contributed by atoms with Gasteiger partial charge in [0.25, 0.3) is 5.56 Å². The van der Waals surface area contributed by atoms with Gasteiger partial charge in [0.2, 0.25) is 0 Å². The number of aromatic nitrogens is 2. The molecule has 0 radical (unpaired) electrons. The van der Waals surface area contributed by atoms with Gasteiger partial charge in [0.1, 0.15) is 5.82 Å². The molecule has 3 rings (SSSR count). The summed E-state index contributed by atoms with van der Waals surface area (Å²) in [5.41, 5.74) is 10.7. The highest BCUT2D eigenvalue weighted by molar-refractivity contribution is 6.30. The molecule has 0 aliphatic rings. The minimum absolute atomic E-state index is 0.405. The Balaban J connectivity index is 2.00. The van der Waals surface area contributed by atoms with E-state index in [9.17, 15) is 9.59 Å². The van der Waals surface area contributed by atoms with Crippen LogP contribution in [0, 0.1) is 13.8 Å². The molecule has 0 amide bonds. The Bertz CT molecular complexity index is 1130. The number of anilines is 3. The fraction of sp³-hybridized carbons (Fsp3) is 0.304. The molecule has 2 aromatic carbocycles. The number of benzene rings is 2. The molecule has 1 heterocycles. The van der Waals surface area contributed by atoms with Crippen molar-refractivity contribution < 1.29 is 0 Å². The SMILES string of the molecule is CCc1cc(C)c(N(CCCc2ccc(Cl)cc2)c2[nH]c(=O)[nH]c(=O)c2C)c(N)c1. The summed E-state index contributed by atoms with van der Waals surface area (Å²) < 4.78 is 0. The van der Waals surface area contributed by atoms with Gasteiger partial charge in [0.05, 0.1) is 16.9 Å². The fourth-order valence-electron chi connectivity index (χ4n) is 3.69. The third-order valence-corrected chi connectivity index (χ3v) is 5.51. The molecule has 0 unspecified atom stereocenters. The maximum atomic E-state index is 12.2. The first-order chi connectivity index (χ1) is 14.3. The van der Waals surface area contributed by atoms with Crippen LogP contribution < -0.4 is 21.9 Å². The first kappa shape index (κ1) is 21.7. The van der Waals surface area contributed by atoms with E-state index in [4.69, 9.17) is 17.3 Å². The number of aromatic amines is 2. The van der Waals surface area contributed by atoms with Gasteiger partial charge in [-0.05, 0) is 68.0 Å². The van der Waals surface area contributed by atoms with Crippen LogP contribution in [0.25, 0.3) is 0 Å². The highest BCUT2D eigenvalue weighted by Crippen LogP contribution is 2.34. The van der Waals surface area contributed by atoms with Crippen LogP contribution in [0.3, 0.4) is 0 Å². The van der Waals surface area contributed by atoms with Crippen molar-refractivity contribution in [2.24, 2.45) is 0 Å². The third kappa shape index (κ3) is 4.76. The summed E-state index contributed by atoms with van der Waals surface area (Å²) in [7, 11) is 0. The van der Waals surface area contributed by atoms with Crippen molar-refractivity contribution in [1.29, 1.82) is 0 Å². The van der Waals surface area contributed by atoms with Crippen LogP contribution in [-0.4, -0.2) is 16.5 Å². The Morgan fingerprint density at radius 2 is 1.73 bits per heavy atom. The van der Waals surface area contributed by atoms with Gasteiger partial charge in [0, 0.05) is 11.6 Å². The van der Waals surface area contributed by atoms with Crippen LogP contribution in [0.1, 0.15) is 35.6 Å². The van der Waals surface area contributed by atoms with Crippen molar-refractivity contribution in [1.82, 2.24) is 9.97 Å². The molecule has 0 atom stereocenters. The van der Waals surface area contributed by atoms with Crippen LogP contribution in [0.2, 0.25) is 5.02 Å². The minimum atomic E-state index is -0.537. The number of halogens is 1. The summed E-state index contributed by atoms with van der Waals surface area (Å²) >= 11 is 5.97. The molecule has 0 aliphatic carbocycles. The summed E-state index contributed by atoms with van der Waals surface area (Å²) in [5.74, 6) is 0.471. The molecule has 6 nitrogen and oxygen atoms in total.